The summed E-state index contributed by atoms with van der Waals surface area (Å²) in [5.74, 6) is -2.18. The Hall–Kier alpha value is -2.14. The van der Waals surface area contributed by atoms with Crippen LogP contribution in [0.1, 0.15) is 11.1 Å². The van der Waals surface area contributed by atoms with Gasteiger partial charge in [-0.25, -0.2) is 0 Å². The first kappa shape index (κ1) is 12.3. The monoisotopic (exact) mass is 247 g/mol. The summed E-state index contributed by atoms with van der Waals surface area (Å²) in [5, 5.41) is 17.8. The summed E-state index contributed by atoms with van der Waals surface area (Å²) in [6.45, 7) is 3.96. The van der Waals surface area contributed by atoms with Crippen LogP contribution in [0.25, 0.3) is 6.08 Å². The fraction of sp³-hybridized carbons (Fsp3) is 0.231. The van der Waals surface area contributed by atoms with Gasteiger partial charge in [0, 0.05) is 6.54 Å². The molecule has 0 aromatic heterocycles. The van der Waals surface area contributed by atoms with Crippen molar-refractivity contribution in [3.63, 3.8) is 0 Å². The van der Waals surface area contributed by atoms with Crippen LogP contribution in [0, 0.1) is 0 Å². The first-order chi connectivity index (χ1) is 8.54. The molecule has 0 bridgehead atoms. The molecule has 2 N–H and O–H groups in total. The molecule has 1 aliphatic rings. The number of nitrogens with zero attached hydrogens (tertiary/aromatic N) is 1. The maximum atomic E-state index is 10.9. The first-order valence-corrected chi connectivity index (χ1v) is 5.47. The minimum absolute atomic E-state index is 0.325. The molecule has 0 saturated carbocycles. The van der Waals surface area contributed by atoms with E-state index in [2.05, 4.69) is 6.58 Å². The van der Waals surface area contributed by atoms with Gasteiger partial charge in [0.15, 0.2) is 0 Å². The molecule has 5 nitrogen and oxygen atoms in total. The Bertz CT molecular complexity index is 474. The Morgan fingerprint density at radius 3 is 2.06 bits per heavy atom. The van der Waals surface area contributed by atoms with E-state index in [0.29, 0.717) is 6.54 Å². The van der Waals surface area contributed by atoms with E-state index in [9.17, 15) is 9.59 Å². The third-order valence-corrected chi connectivity index (χ3v) is 3.01. The smallest absolute Gasteiger partial charge is 0.323 e. The van der Waals surface area contributed by atoms with Crippen LogP contribution in [0.5, 0.6) is 0 Å². The van der Waals surface area contributed by atoms with Crippen LogP contribution in [0.2, 0.25) is 0 Å². The molecule has 0 amide bonds. The van der Waals surface area contributed by atoms with Gasteiger partial charge >= 0.3 is 11.9 Å². The Morgan fingerprint density at radius 1 is 1.17 bits per heavy atom. The Balaban J connectivity index is 2.07. The maximum Gasteiger partial charge on any atom is 0.323 e. The van der Waals surface area contributed by atoms with Crippen molar-refractivity contribution >= 4 is 18.0 Å². The topological polar surface area (TPSA) is 77.6 Å². The lowest BCUT2D eigenvalue weighted by Crippen LogP contribution is -2.14. The van der Waals surface area contributed by atoms with Crippen molar-refractivity contribution in [1.29, 1.82) is 0 Å². The van der Waals surface area contributed by atoms with Crippen LogP contribution in [0.15, 0.2) is 30.8 Å². The molecule has 2 rings (SSSR count). The van der Waals surface area contributed by atoms with Gasteiger partial charge in [-0.2, -0.15) is 0 Å². The van der Waals surface area contributed by atoms with Crippen molar-refractivity contribution in [2.24, 2.45) is 0 Å². The number of carboxylic acids is 2. The van der Waals surface area contributed by atoms with E-state index in [1.165, 1.54) is 4.90 Å². The van der Waals surface area contributed by atoms with Crippen LogP contribution in [0.4, 0.5) is 0 Å². The van der Waals surface area contributed by atoms with Crippen molar-refractivity contribution in [3.8, 4) is 0 Å². The molecule has 2 atom stereocenters. The molecule has 5 heteroatoms. The van der Waals surface area contributed by atoms with Gasteiger partial charge in [-0.15, -0.1) is 0 Å². The number of hydrogen-bond donors (Lipinski definition) is 2. The van der Waals surface area contributed by atoms with E-state index in [1.54, 1.807) is 6.08 Å². The van der Waals surface area contributed by atoms with Gasteiger partial charge in [0.2, 0.25) is 0 Å². The highest BCUT2D eigenvalue weighted by molar-refractivity contribution is 5.91. The summed E-state index contributed by atoms with van der Waals surface area (Å²) >= 11 is 0. The molecule has 1 aliphatic heterocycles. The molecule has 94 valence electrons. The van der Waals surface area contributed by atoms with Crippen molar-refractivity contribution in [3.05, 3.63) is 42.0 Å². The van der Waals surface area contributed by atoms with Crippen molar-refractivity contribution in [1.82, 2.24) is 4.90 Å². The van der Waals surface area contributed by atoms with Gasteiger partial charge in [-0.1, -0.05) is 36.9 Å². The van der Waals surface area contributed by atoms with Gasteiger partial charge in [-0.05, 0) is 11.1 Å². The largest absolute Gasteiger partial charge is 0.480 e. The molecule has 0 radical (unpaired) electrons. The highest BCUT2D eigenvalue weighted by atomic mass is 16.4. The number of rotatable bonds is 5. The van der Waals surface area contributed by atoms with Crippen molar-refractivity contribution in [2.45, 2.75) is 18.6 Å². The second-order valence-electron chi connectivity index (χ2n) is 4.18. The van der Waals surface area contributed by atoms with Crippen molar-refractivity contribution < 1.29 is 19.8 Å². The highest BCUT2D eigenvalue weighted by Gasteiger charge is 2.57. The van der Waals surface area contributed by atoms with E-state index in [1.807, 2.05) is 24.3 Å². The lowest BCUT2D eigenvalue weighted by atomic mass is 10.1. The lowest BCUT2D eigenvalue weighted by Gasteiger charge is -2.03. The predicted molar refractivity (Wildman–Crippen MR) is 64.9 cm³/mol. The minimum Gasteiger partial charge on any atom is -0.480 e. The summed E-state index contributed by atoms with van der Waals surface area (Å²) in [5.41, 5.74) is 1.85. The zero-order valence-corrected chi connectivity index (χ0v) is 9.61. The molecule has 0 spiro atoms. The van der Waals surface area contributed by atoms with Crippen molar-refractivity contribution in [2.75, 3.05) is 0 Å². The lowest BCUT2D eigenvalue weighted by molar-refractivity contribution is -0.140. The van der Waals surface area contributed by atoms with Gasteiger partial charge in [0.05, 0.1) is 0 Å². The molecule has 1 fully saturated rings. The minimum atomic E-state index is -1.09. The standard InChI is InChI=1S/C13H13NO4/c1-2-8-3-5-9(6-4-8)7-14-10(12(15)16)11(14)13(17)18/h2-6,10-11H,1,7H2,(H,15,16)(H,17,18). The molecule has 18 heavy (non-hydrogen) atoms. The number of aliphatic carboxylic acids is 2. The number of carbonyl (C=O) groups is 2. The van der Waals surface area contributed by atoms with E-state index in [-0.39, 0.29) is 0 Å². The molecular weight excluding hydrogens is 234 g/mol. The van der Waals surface area contributed by atoms with E-state index >= 15 is 0 Å². The van der Waals surface area contributed by atoms with Gasteiger partial charge < -0.3 is 10.2 Å². The summed E-state index contributed by atoms with van der Waals surface area (Å²) in [7, 11) is 0. The summed E-state index contributed by atoms with van der Waals surface area (Å²) in [4.78, 5) is 23.2. The molecule has 1 saturated heterocycles. The van der Waals surface area contributed by atoms with Crippen LogP contribution in [-0.2, 0) is 16.1 Å². The predicted octanol–water partition coefficient (Wildman–Crippen LogP) is 1.05. The second kappa shape index (κ2) is 4.62. The SMILES string of the molecule is C=Cc1ccc(CN2C(C(=O)O)C2C(=O)O)cc1. The maximum absolute atomic E-state index is 10.9. The van der Waals surface area contributed by atoms with Gasteiger partial charge in [0.1, 0.15) is 12.1 Å². The molecule has 1 aromatic rings. The Kier molecular flexibility index (Phi) is 3.16. The molecule has 1 heterocycles. The van der Waals surface area contributed by atoms with Crippen LogP contribution < -0.4 is 0 Å². The second-order valence-corrected chi connectivity index (χ2v) is 4.18. The van der Waals surface area contributed by atoms with Crippen LogP contribution in [0.3, 0.4) is 0 Å². The van der Waals surface area contributed by atoms with Gasteiger partial charge in [0.25, 0.3) is 0 Å². The average Bonchev–Trinajstić information content (AvgIpc) is 3.04. The van der Waals surface area contributed by atoms with E-state index in [0.717, 1.165) is 11.1 Å². The fourth-order valence-electron chi connectivity index (χ4n) is 2.00. The van der Waals surface area contributed by atoms with Crippen LogP contribution >= 0.6 is 0 Å². The normalized spacial score (nSPS) is 25.4. The molecule has 2 unspecified atom stereocenters. The quantitative estimate of drug-likeness (QED) is 0.760. The highest BCUT2D eigenvalue weighted by Crippen LogP contribution is 2.31. The number of carboxylic acid groups (broad SMARTS) is 2. The fourth-order valence-corrected chi connectivity index (χ4v) is 2.00. The molecule has 0 aliphatic carbocycles. The zero-order valence-electron chi connectivity index (χ0n) is 9.61. The summed E-state index contributed by atoms with van der Waals surface area (Å²) in [6.07, 6.45) is 1.71. The summed E-state index contributed by atoms with van der Waals surface area (Å²) < 4.78 is 0. The van der Waals surface area contributed by atoms with Crippen LogP contribution in [-0.4, -0.2) is 39.1 Å². The third kappa shape index (κ3) is 2.26. The average molecular weight is 247 g/mol. The Morgan fingerprint density at radius 2 is 1.67 bits per heavy atom. The molecular formula is C13H13NO4. The summed E-state index contributed by atoms with van der Waals surface area (Å²) in [6, 6.07) is 5.57. The Labute approximate surface area is 104 Å². The zero-order chi connectivity index (χ0) is 13.3. The number of benzene rings is 1. The number of hydrogen-bond acceptors (Lipinski definition) is 3. The van der Waals surface area contributed by atoms with E-state index < -0.39 is 24.0 Å². The molecule has 1 aromatic carbocycles. The third-order valence-electron chi connectivity index (χ3n) is 3.01. The van der Waals surface area contributed by atoms with Gasteiger partial charge in [-0.3, -0.25) is 14.5 Å². The van der Waals surface area contributed by atoms with E-state index in [4.69, 9.17) is 10.2 Å². The first-order valence-electron chi connectivity index (χ1n) is 5.47.